The van der Waals surface area contributed by atoms with Gasteiger partial charge in [-0.05, 0) is 43.0 Å². The number of nitrogens with one attached hydrogen (secondary N) is 1. The van der Waals surface area contributed by atoms with E-state index in [4.69, 9.17) is 4.52 Å². The first-order chi connectivity index (χ1) is 11.1. The quantitative estimate of drug-likeness (QED) is 0.915. The molecule has 6 nitrogen and oxygen atoms in total. The molecule has 3 rings (SSSR count). The third-order valence-corrected chi connectivity index (χ3v) is 4.51. The van der Waals surface area contributed by atoms with Crippen molar-refractivity contribution in [1.29, 1.82) is 0 Å². The molecule has 0 aliphatic heterocycles. The van der Waals surface area contributed by atoms with Crippen molar-refractivity contribution in [3.05, 3.63) is 35.5 Å². The smallest absolute Gasteiger partial charge is 0.265 e. The minimum atomic E-state index is 0.477. The SMILES string of the molecule is Cc1cccnc1[C@@H]1CCC[C@H](NCc2nc(N(C)C)no2)C1. The molecule has 2 heterocycles. The lowest BCUT2D eigenvalue weighted by Gasteiger charge is -2.30. The van der Waals surface area contributed by atoms with E-state index in [2.05, 4.69) is 33.4 Å². The molecule has 124 valence electrons. The van der Waals surface area contributed by atoms with Crippen molar-refractivity contribution in [1.82, 2.24) is 20.4 Å². The van der Waals surface area contributed by atoms with E-state index in [-0.39, 0.29) is 0 Å². The van der Waals surface area contributed by atoms with E-state index in [1.807, 2.05) is 31.3 Å². The highest BCUT2D eigenvalue weighted by atomic mass is 16.5. The van der Waals surface area contributed by atoms with E-state index in [0.29, 0.717) is 30.3 Å². The molecule has 2 atom stereocenters. The Kier molecular flexibility index (Phi) is 4.91. The van der Waals surface area contributed by atoms with E-state index in [1.54, 1.807) is 0 Å². The van der Waals surface area contributed by atoms with Crippen LogP contribution in [-0.2, 0) is 6.54 Å². The Hall–Kier alpha value is -1.95. The van der Waals surface area contributed by atoms with Gasteiger partial charge in [0.2, 0.25) is 5.89 Å². The minimum Gasteiger partial charge on any atom is -0.344 e. The normalized spacial score (nSPS) is 21.3. The van der Waals surface area contributed by atoms with E-state index in [9.17, 15) is 0 Å². The van der Waals surface area contributed by atoms with Gasteiger partial charge in [0, 0.05) is 37.9 Å². The van der Waals surface area contributed by atoms with Crippen molar-refractivity contribution in [2.75, 3.05) is 19.0 Å². The second-order valence-electron chi connectivity index (χ2n) is 6.53. The summed E-state index contributed by atoms with van der Waals surface area (Å²) >= 11 is 0. The third-order valence-electron chi connectivity index (χ3n) is 4.51. The lowest BCUT2D eigenvalue weighted by Crippen LogP contribution is -2.33. The van der Waals surface area contributed by atoms with Crippen LogP contribution in [0.1, 0.15) is 48.7 Å². The van der Waals surface area contributed by atoms with Crippen molar-refractivity contribution in [3.63, 3.8) is 0 Å². The van der Waals surface area contributed by atoms with Gasteiger partial charge in [0.1, 0.15) is 0 Å². The predicted molar refractivity (Wildman–Crippen MR) is 89.4 cm³/mol. The van der Waals surface area contributed by atoms with Crippen molar-refractivity contribution < 1.29 is 4.52 Å². The largest absolute Gasteiger partial charge is 0.344 e. The molecular formula is C17H25N5O. The fourth-order valence-corrected chi connectivity index (χ4v) is 3.28. The predicted octanol–water partition coefficient (Wildman–Crippen LogP) is 2.66. The number of pyridine rings is 1. The number of anilines is 1. The second-order valence-corrected chi connectivity index (χ2v) is 6.53. The van der Waals surface area contributed by atoms with Gasteiger partial charge >= 0.3 is 0 Å². The first kappa shape index (κ1) is 15.9. The molecule has 0 aromatic carbocycles. The maximum Gasteiger partial charge on any atom is 0.265 e. The van der Waals surface area contributed by atoms with Crippen LogP contribution in [-0.4, -0.2) is 35.3 Å². The molecule has 0 bridgehead atoms. The Morgan fingerprint density at radius 3 is 2.96 bits per heavy atom. The van der Waals surface area contributed by atoms with Crippen molar-refractivity contribution >= 4 is 5.95 Å². The number of aromatic nitrogens is 3. The summed E-state index contributed by atoms with van der Waals surface area (Å²) in [6.07, 6.45) is 6.66. The van der Waals surface area contributed by atoms with Gasteiger partial charge in [0.15, 0.2) is 0 Å². The van der Waals surface area contributed by atoms with Crippen LogP contribution >= 0.6 is 0 Å². The van der Waals surface area contributed by atoms with Crippen LogP contribution in [0.25, 0.3) is 0 Å². The average Bonchev–Trinajstić information content (AvgIpc) is 3.03. The molecule has 2 aromatic heterocycles. The molecule has 23 heavy (non-hydrogen) atoms. The van der Waals surface area contributed by atoms with E-state index in [1.165, 1.54) is 30.5 Å². The van der Waals surface area contributed by atoms with Crippen LogP contribution in [0.2, 0.25) is 0 Å². The summed E-state index contributed by atoms with van der Waals surface area (Å²) in [5.41, 5.74) is 2.55. The Labute approximate surface area is 137 Å². The highest BCUT2D eigenvalue weighted by Crippen LogP contribution is 2.33. The van der Waals surface area contributed by atoms with Crippen molar-refractivity contribution in [2.24, 2.45) is 0 Å². The summed E-state index contributed by atoms with van der Waals surface area (Å²) < 4.78 is 5.27. The zero-order valence-electron chi connectivity index (χ0n) is 14.1. The van der Waals surface area contributed by atoms with Gasteiger partial charge < -0.3 is 14.7 Å². The van der Waals surface area contributed by atoms with Gasteiger partial charge in [-0.3, -0.25) is 4.98 Å². The number of aryl methyl sites for hydroxylation is 1. The van der Waals surface area contributed by atoms with Gasteiger partial charge in [0.25, 0.3) is 5.95 Å². The first-order valence-electron chi connectivity index (χ1n) is 8.28. The Morgan fingerprint density at radius 2 is 2.22 bits per heavy atom. The van der Waals surface area contributed by atoms with Gasteiger partial charge in [-0.15, -0.1) is 0 Å². The summed E-state index contributed by atoms with van der Waals surface area (Å²) in [6, 6.07) is 4.64. The molecule has 1 fully saturated rings. The number of rotatable bonds is 5. The first-order valence-corrected chi connectivity index (χ1v) is 8.28. The maximum atomic E-state index is 5.27. The van der Waals surface area contributed by atoms with Crippen LogP contribution in [0.3, 0.4) is 0 Å². The summed E-state index contributed by atoms with van der Waals surface area (Å²) in [6.45, 7) is 2.78. The Bertz CT molecular complexity index is 639. The van der Waals surface area contributed by atoms with Gasteiger partial charge in [0.05, 0.1) is 6.54 Å². The molecule has 1 N–H and O–H groups in total. The summed E-state index contributed by atoms with van der Waals surface area (Å²) in [5.74, 6) is 1.81. The summed E-state index contributed by atoms with van der Waals surface area (Å²) in [7, 11) is 3.81. The lowest BCUT2D eigenvalue weighted by molar-refractivity contribution is 0.307. The fraction of sp³-hybridized carbons (Fsp3) is 0.588. The lowest BCUT2D eigenvalue weighted by atomic mass is 9.82. The van der Waals surface area contributed by atoms with Crippen LogP contribution < -0.4 is 10.2 Å². The molecule has 1 saturated carbocycles. The van der Waals surface area contributed by atoms with Crippen molar-refractivity contribution in [2.45, 2.75) is 51.1 Å². The van der Waals surface area contributed by atoms with E-state index < -0.39 is 0 Å². The van der Waals surface area contributed by atoms with Crippen LogP contribution in [0.5, 0.6) is 0 Å². The second kappa shape index (κ2) is 7.08. The van der Waals surface area contributed by atoms with Gasteiger partial charge in [-0.2, -0.15) is 4.98 Å². The Balaban J connectivity index is 1.57. The van der Waals surface area contributed by atoms with E-state index in [0.717, 1.165) is 6.42 Å². The monoisotopic (exact) mass is 315 g/mol. The summed E-state index contributed by atoms with van der Waals surface area (Å²) in [5, 5.41) is 7.51. The Morgan fingerprint density at radius 1 is 1.35 bits per heavy atom. The van der Waals surface area contributed by atoms with Gasteiger partial charge in [-0.1, -0.05) is 12.5 Å². The molecule has 1 aliphatic rings. The van der Waals surface area contributed by atoms with Crippen LogP contribution in [0.15, 0.2) is 22.9 Å². The molecule has 0 saturated heterocycles. The molecule has 6 heteroatoms. The van der Waals surface area contributed by atoms with Crippen LogP contribution in [0, 0.1) is 6.92 Å². The highest BCUT2D eigenvalue weighted by Gasteiger charge is 2.25. The van der Waals surface area contributed by atoms with Crippen LogP contribution in [0.4, 0.5) is 5.95 Å². The average molecular weight is 315 g/mol. The fourth-order valence-electron chi connectivity index (χ4n) is 3.28. The third kappa shape index (κ3) is 3.88. The number of nitrogens with zero attached hydrogens (tertiary/aromatic N) is 4. The zero-order valence-corrected chi connectivity index (χ0v) is 14.1. The standard InChI is InChI=1S/C17H25N5O/c1-12-6-5-9-18-16(12)13-7-4-8-14(10-13)19-11-15-20-17(21-23-15)22(2)3/h5-6,9,13-14,19H,4,7-8,10-11H2,1-3H3/t13-,14+/m1/s1. The van der Waals surface area contributed by atoms with Crippen molar-refractivity contribution in [3.8, 4) is 0 Å². The minimum absolute atomic E-state index is 0.477. The molecule has 0 spiro atoms. The molecule has 0 unspecified atom stereocenters. The number of hydrogen-bond acceptors (Lipinski definition) is 6. The molecule has 0 amide bonds. The van der Waals surface area contributed by atoms with Gasteiger partial charge in [-0.25, -0.2) is 0 Å². The molecule has 2 aromatic rings. The molecular weight excluding hydrogens is 290 g/mol. The topological polar surface area (TPSA) is 67.1 Å². The molecule has 0 radical (unpaired) electrons. The zero-order chi connectivity index (χ0) is 16.2. The molecule has 1 aliphatic carbocycles. The summed E-state index contributed by atoms with van der Waals surface area (Å²) in [4.78, 5) is 10.8. The van der Waals surface area contributed by atoms with E-state index >= 15 is 0 Å². The highest BCUT2D eigenvalue weighted by molar-refractivity contribution is 5.24. The number of hydrogen-bond donors (Lipinski definition) is 1. The maximum absolute atomic E-state index is 5.27.